The fraction of sp³-hybridized carbons (Fsp3) is 0.583. The van der Waals surface area contributed by atoms with Crippen molar-refractivity contribution in [3.8, 4) is 0 Å². The molecule has 1 aromatic rings. The van der Waals surface area contributed by atoms with Gasteiger partial charge < -0.3 is 9.73 Å². The average molecular weight is 209 g/mol. The van der Waals surface area contributed by atoms with Gasteiger partial charge in [-0.15, -0.1) is 0 Å². The van der Waals surface area contributed by atoms with E-state index < -0.39 is 0 Å². The van der Waals surface area contributed by atoms with Crippen molar-refractivity contribution in [2.75, 3.05) is 0 Å². The molecule has 0 spiro atoms. The van der Waals surface area contributed by atoms with Gasteiger partial charge in [-0.2, -0.15) is 0 Å². The van der Waals surface area contributed by atoms with E-state index in [4.69, 9.17) is 4.42 Å². The predicted octanol–water partition coefficient (Wildman–Crippen LogP) is 2.87. The third kappa shape index (κ3) is 5.25. The van der Waals surface area contributed by atoms with Crippen LogP contribution in [0.15, 0.2) is 22.8 Å². The first-order valence-electron chi connectivity index (χ1n) is 5.62. The van der Waals surface area contributed by atoms with E-state index in [2.05, 4.69) is 12.2 Å². The molecule has 1 aromatic heterocycles. The van der Waals surface area contributed by atoms with E-state index >= 15 is 0 Å². The number of carbonyl (C=O) groups excluding carboxylic acids is 1. The first kappa shape index (κ1) is 11.8. The molecule has 1 amide bonds. The topological polar surface area (TPSA) is 42.2 Å². The van der Waals surface area contributed by atoms with E-state index in [-0.39, 0.29) is 5.91 Å². The summed E-state index contributed by atoms with van der Waals surface area (Å²) in [7, 11) is 0. The lowest BCUT2D eigenvalue weighted by atomic mass is 10.1. The van der Waals surface area contributed by atoms with Gasteiger partial charge in [0.25, 0.3) is 0 Å². The minimum atomic E-state index is 0.113. The normalized spacial score (nSPS) is 10.2. The molecule has 0 bridgehead atoms. The molecule has 0 unspecified atom stereocenters. The first-order valence-corrected chi connectivity index (χ1v) is 5.62. The number of hydrogen-bond donors (Lipinski definition) is 1. The Morgan fingerprint density at radius 2 is 2.27 bits per heavy atom. The lowest BCUT2D eigenvalue weighted by molar-refractivity contribution is -0.121. The van der Waals surface area contributed by atoms with Gasteiger partial charge in [0.1, 0.15) is 5.76 Å². The largest absolute Gasteiger partial charge is 0.467 e. The van der Waals surface area contributed by atoms with Crippen LogP contribution in [0.25, 0.3) is 0 Å². The molecule has 3 heteroatoms. The maximum absolute atomic E-state index is 11.3. The number of nitrogens with one attached hydrogen (secondary N) is 1. The van der Waals surface area contributed by atoms with Crippen LogP contribution >= 0.6 is 0 Å². The summed E-state index contributed by atoms with van der Waals surface area (Å²) in [6.45, 7) is 2.66. The summed E-state index contributed by atoms with van der Waals surface area (Å²) in [5, 5.41) is 2.83. The summed E-state index contributed by atoms with van der Waals surface area (Å²) in [6.07, 6.45) is 6.78. The minimum Gasteiger partial charge on any atom is -0.467 e. The van der Waals surface area contributed by atoms with E-state index in [9.17, 15) is 4.79 Å². The molecule has 0 saturated heterocycles. The highest BCUT2D eigenvalue weighted by Gasteiger charge is 2.01. The van der Waals surface area contributed by atoms with E-state index in [1.807, 2.05) is 12.1 Å². The summed E-state index contributed by atoms with van der Waals surface area (Å²) in [5.74, 6) is 0.916. The second kappa shape index (κ2) is 7.10. The average Bonchev–Trinajstić information content (AvgIpc) is 2.74. The standard InChI is InChI=1S/C12H19NO2/c1-2-3-4-5-8-12(14)13-10-11-7-6-9-15-11/h6-7,9H,2-5,8,10H2,1H3,(H,13,14). The maximum atomic E-state index is 11.3. The predicted molar refractivity (Wildman–Crippen MR) is 59.3 cm³/mol. The molecule has 0 fully saturated rings. The van der Waals surface area contributed by atoms with Crippen molar-refractivity contribution in [3.05, 3.63) is 24.2 Å². The molecule has 0 aromatic carbocycles. The molecule has 0 aliphatic carbocycles. The van der Waals surface area contributed by atoms with Crippen molar-refractivity contribution < 1.29 is 9.21 Å². The van der Waals surface area contributed by atoms with Gasteiger partial charge in [-0.05, 0) is 18.6 Å². The summed E-state index contributed by atoms with van der Waals surface area (Å²) in [5.41, 5.74) is 0. The van der Waals surface area contributed by atoms with Crippen LogP contribution in [-0.4, -0.2) is 5.91 Å². The second-order valence-electron chi connectivity index (χ2n) is 3.67. The zero-order valence-corrected chi connectivity index (χ0v) is 9.29. The van der Waals surface area contributed by atoms with Gasteiger partial charge in [-0.3, -0.25) is 4.79 Å². The Labute approximate surface area is 90.9 Å². The van der Waals surface area contributed by atoms with Crippen LogP contribution in [0.2, 0.25) is 0 Å². The molecule has 0 radical (unpaired) electrons. The van der Waals surface area contributed by atoms with Crippen molar-refractivity contribution in [2.45, 2.75) is 45.6 Å². The van der Waals surface area contributed by atoms with Gasteiger partial charge in [-0.25, -0.2) is 0 Å². The van der Waals surface area contributed by atoms with Crippen LogP contribution in [0.4, 0.5) is 0 Å². The number of unbranched alkanes of at least 4 members (excludes halogenated alkanes) is 3. The Balaban J connectivity index is 2.04. The molecule has 0 aliphatic heterocycles. The molecule has 3 nitrogen and oxygen atoms in total. The first-order chi connectivity index (χ1) is 7.33. The zero-order chi connectivity index (χ0) is 10.9. The third-order valence-electron chi connectivity index (χ3n) is 2.30. The van der Waals surface area contributed by atoms with E-state index in [1.54, 1.807) is 6.26 Å². The number of furan rings is 1. The molecule has 1 N–H and O–H groups in total. The maximum Gasteiger partial charge on any atom is 0.220 e. The quantitative estimate of drug-likeness (QED) is 0.701. The van der Waals surface area contributed by atoms with E-state index in [0.29, 0.717) is 13.0 Å². The molecule has 0 saturated carbocycles. The van der Waals surface area contributed by atoms with Gasteiger partial charge in [0.15, 0.2) is 0 Å². The van der Waals surface area contributed by atoms with Crippen molar-refractivity contribution in [1.82, 2.24) is 5.32 Å². The van der Waals surface area contributed by atoms with Gasteiger partial charge in [0, 0.05) is 6.42 Å². The highest BCUT2D eigenvalue weighted by Crippen LogP contribution is 2.03. The highest BCUT2D eigenvalue weighted by atomic mass is 16.3. The van der Waals surface area contributed by atoms with Crippen LogP contribution in [0.3, 0.4) is 0 Å². The highest BCUT2D eigenvalue weighted by molar-refractivity contribution is 5.75. The Morgan fingerprint density at radius 3 is 2.93 bits per heavy atom. The van der Waals surface area contributed by atoms with Crippen LogP contribution in [0.5, 0.6) is 0 Å². The van der Waals surface area contributed by atoms with Gasteiger partial charge >= 0.3 is 0 Å². The van der Waals surface area contributed by atoms with Crippen molar-refractivity contribution >= 4 is 5.91 Å². The lowest BCUT2D eigenvalue weighted by Gasteiger charge is -2.02. The minimum absolute atomic E-state index is 0.113. The molecule has 15 heavy (non-hydrogen) atoms. The summed E-state index contributed by atoms with van der Waals surface area (Å²) < 4.78 is 5.11. The van der Waals surface area contributed by atoms with Gasteiger partial charge in [0.05, 0.1) is 12.8 Å². The molecular weight excluding hydrogens is 190 g/mol. The summed E-state index contributed by atoms with van der Waals surface area (Å²) in [4.78, 5) is 11.3. The molecule has 1 heterocycles. The smallest absolute Gasteiger partial charge is 0.220 e. The third-order valence-corrected chi connectivity index (χ3v) is 2.30. The molecule has 84 valence electrons. The van der Waals surface area contributed by atoms with Crippen molar-refractivity contribution in [2.24, 2.45) is 0 Å². The van der Waals surface area contributed by atoms with Crippen LogP contribution in [0, 0.1) is 0 Å². The molecule has 1 rings (SSSR count). The Morgan fingerprint density at radius 1 is 1.40 bits per heavy atom. The number of hydrogen-bond acceptors (Lipinski definition) is 2. The Kier molecular flexibility index (Phi) is 5.59. The van der Waals surface area contributed by atoms with Gasteiger partial charge in [-0.1, -0.05) is 26.2 Å². The summed E-state index contributed by atoms with van der Waals surface area (Å²) >= 11 is 0. The second-order valence-corrected chi connectivity index (χ2v) is 3.67. The number of carbonyl (C=O) groups is 1. The Bertz CT molecular complexity index is 267. The monoisotopic (exact) mass is 209 g/mol. The van der Waals surface area contributed by atoms with Crippen LogP contribution < -0.4 is 5.32 Å². The van der Waals surface area contributed by atoms with Crippen molar-refractivity contribution in [1.29, 1.82) is 0 Å². The van der Waals surface area contributed by atoms with Gasteiger partial charge in [0.2, 0.25) is 5.91 Å². The number of amides is 1. The molecular formula is C12H19NO2. The summed E-state index contributed by atoms with van der Waals surface area (Å²) in [6, 6.07) is 3.68. The number of rotatable bonds is 7. The SMILES string of the molecule is CCCCCCC(=O)NCc1ccco1. The molecule has 0 aliphatic rings. The Hall–Kier alpha value is -1.25. The zero-order valence-electron chi connectivity index (χ0n) is 9.29. The van der Waals surface area contributed by atoms with E-state index in [0.717, 1.165) is 18.6 Å². The lowest BCUT2D eigenvalue weighted by Crippen LogP contribution is -2.21. The van der Waals surface area contributed by atoms with Crippen LogP contribution in [0.1, 0.15) is 44.8 Å². The van der Waals surface area contributed by atoms with E-state index in [1.165, 1.54) is 12.8 Å². The molecule has 0 atom stereocenters. The fourth-order valence-electron chi connectivity index (χ4n) is 1.40. The van der Waals surface area contributed by atoms with Crippen LogP contribution in [-0.2, 0) is 11.3 Å². The van der Waals surface area contributed by atoms with Crippen molar-refractivity contribution in [3.63, 3.8) is 0 Å². The fourth-order valence-corrected chi connectivity index (χ4v) is 1.40.